The zero-order chi connectivity index (χ0) is 15.0. The lowest BCUT2D eigenvalue weighted by molar-refractivity contribution is 0.403. The zero-order valence-electron chi connectivity index (χ0n) is 11.3. The lowest BCUT2D eigenvalue weighted by atomic mass is 10.2. The van der Waals surface area contributed by atoms with Crippen molar-refractivity contribution in [2.45, 2.75) is 25.7 Å². The van der Waals surface area contributed by atoms with Gasteiger partial charge in [-0.05, 0) is 43.0 Å². The molecule has 0 aromatic heterocycles. The summed E-state index contributed by atoms with van der Waals surface area (Å²) in [5.74, 6) is -0.383. The number of sulfone groups is 1. The Morgan fingerprint density at radius 2 is 1.85 bits per heavy atom. The summed E-state index contributed by atoms with van der Waals surface area (Å²) in [4.78, 5) is 0. The van der Waals surface area contributed by atoms with Crippen LogP contribution in [0.5, 0.6) is 11.5 Å². The van der Waals surface area contributed by atoms with Gasteiger partial charge in [0.1, 0.15) is 0 Å². The Balaban J connectivity index is 2.54. The molecule has 0 radical (unpaired) electrons. The van der Waals surface area contributed by atoms with Crippen molar-refractivity contribution in [2.75, 3.05) is 5.75 Å². The van der Waals surface area contributed by atoms with E-state index in [4.69, 9.17) is 5.11 Å². The van der Waals surface area contributed by atoms with Crippen LogP contribution in [0.4, 0.5) is 0 Å². The van der Waals surface area contributed by atoms with Gasteiger partial charge in [-0.1, -0.05) is 18.6 Å². The number of phenolic OH excluding ortho intramolecular Hbond substituents is 2. The highest BCUT2D eigenvalue weighted by molar-refractivity contribution is 7.94. The molecule has 5 heteroatoms. The van der Waals surface area contributed by atoms with Crippen LogP contribution in [-0.4, -0.2) is 24.4 Å². The van der Waals surface area contributed by atoms with Crippen LogP contribution in [0.2, 0.25) is 0 Å². The van der Waals surface area contributed by atoms with Crippen molar-refractivity contribution in [3.05, 3.63) is 41.8 Å². The lowest BCUT2D eigenvalue weighted by Crippen LogP contribution is -2.01. The Labute approximate surface area is 120 Å². The van der Waals surface area contributed by atoms with Gasteiger partial charge in [0.2, 0.25) is 0 Å². The number of allylic oxidation sites excluding steroid dienone is 1. The van der Waals surface area contributed by atoms with Gasteiger partial charge in [0.25, 0.3) is 0 Å². The van der Waals surface area contributed by atoms with E-state index in [9.17, 15) is 13.5 Å². The third kappa shape index (κ3) is 5.93. The quantitative estimate of drug-likeness (QED) is 0.439. The Bertz CT molecular complexity index is 574. The van der Waals surface area contributed by atoms with Gasteiger partial charge in [-0.2, -0.15) is 0 Å². The molecule has 0 saturated heterocycles. The largest absolute Gasteiger partial charge is 0.504 e. The molecule has 0 bridgehead atoms. The molecule has 0 heterocycles. The molecule has 4 nitrogen and oxygen atoms in total. The number of unbranched alkanes of at least 4 members (excludes halogenated alkanes) is 3. The maximum absolute atomic E-state index is 11.8. The minimum atomic E-state index is -3.24. The molecule has 20 heavy (non-hydrogen) atoms. The molecule has 0 spiro atoms. The number of hydrogen-bond acceptors (Lipinski definition) is 4. The normalized spacial score (nSPS) is 11.8. The summed E-state index contributed by atoms with van der Waals surface area (Å²) in [5.41, 5.74) is 0.524. The molecule has 0 unspecified atom stereocenters. The maximum atomic E-state index is 11.8. The number of hydrogen-bond donors (Lipinski definition) is 2. The Kier molecular flexibility index (Phi) is 6.31. The summed E-state index contributed by atoms with van der Waals surface area (Å²) in [7, 11) is -3.24. The molecule has 0 atom stereocenters. The molecule has 0 amide bonds. The van der Waals surface area contributed by atoms with Crippen molar-refractivity contribution >= 4 is 15.9 Å². The van der Waals surface area contributed by atoms with E-state index in [-0.39, 0.29) is 17.3 Å². The third-order valence-electron chi connectivity index (χ3n) is 2.80. The van der Waals surface area contributed by atoms with Crippen molar-refractivity contribution in [1.82, 2.24) is 0 Å². The minimum Gasteiger partial charge on any atom is -0.504 e. The summed E-state index contributed by atoms with van der Waals surface area (Å²) in [6, 6.07) is 4.16. The predicted octanol–water partition coefficient (Wildman–Crippen LogP) is 3.23. The van der Waals surface area contributed by atoms with Crippen LogP contribution in [0.15, 0.2) is 36.3 Å². The van der Waals surface area contributed by atoms with Gasteiger partial charge < -0.3 is 10.2 Å². The molecule has 1 aromatic carbocycles. The van der Waals surface area contributed by atoms with Gasteiger partial charge in [-0.25, -0.2) is 8.42 Å². The highest BCUT2D eigenvalue weighted by Crippen LogP contribution is 2.25. The molecule has 1 aromatic rings. The van der Waals surface area contributed by atoms with Crippen molar-refractivity contribution in [2.24, 2.45) is 0 Å². The average molecular weight is 296 g/mol. The van der Waals surface area contributed by atoms with Crippen LogP contribution in [0.1, 0.15) is 31.2 Å². The van der Waals surface area contributed by atoms with Gasteiger partial charge in [0.05, 0.1) is 5.75 Å². The Morgan fingerprint density at radius 3 is 2.50 bits per heavy atom. The summed E-state index contributed by atoms with van der Waals surface area (Å²) >= 11 is 0. The van der Waals surface area contributed by atoms with Gasteiger partial charge >= 0.3 is 0 Å². The number of rotatable bonds is 8. The summed E-state index contributed by atoms with van der Waals surface area (Å²) in [5, 5.41) is 19.6. The third-order valence-corrected chi connectivity index (χ3v) is 4.21. The SMILES string of the molecule is C=CCCCCCS(=O)(=O)/C=C/c1ccc(O)c(O)c1. The van der Waals surface area contributed by atoms with Crippen LogP contribution >= 0.6 is 0 Å². The first kappa shape index (κ1) is 16.3. The van der Waals surface area contributed by atoms with E-state index in [1.165, 1.54) is 24.3 Å². The van der Waals surface area contributed by atoms with Crippen LogP contribution < -0.4 is 0 Å². The first-order valence-corrected chi connectivity index (χ1v) is 8.20. The topological polar surface area (TPSA) is 74.6 Å². The molecule has 0 fully saturated rings. The van der Waals surface area contributed by atoms with Crippen molar-refractivity contribution in [3.8, 4) is 11.5 Å². The van der Waals surface area contributed by atoms with E-state index >= 15 is 0 Å². The van der Waals surface area contributed by atoms with Crippen LogP contribution in [0, 0.1) is 0 Å². The van der Waals surface area contributed by atoms with E-state index < -0.39 is 9.84 Å². The summed E-state index contributed by atoms with van der Waals surface area (Å²) < 4.78 is 23.5. The molecule has 0 aliphatic rings. The van der Waals surface area contributed by atoms with Crippen molar-refractivity contribution in [3.63, 3.8) is 0 Å². The molecular formula is C15H20O4S. The highest BCUT2D eigenvalue weighted by Gasteiger charge is 2.06. The second-order valence-electron chi connectivity index (χ2n) is 4.56. The van der Waals surface area contributed by atoms with Crippen LogP contribution in [-0.2, 0) is 9.84 Å². The molecular weight excluding hydrogens is 276 g/mol. The van der Waals surface area contributed by atoms with Gasteiger partial charge in [-0.3, -0.25) is 0 Å². The fourth-order valence-corrected chi connectivity index (χ4v) is 2.77. The van der Waals surface area contributed by atoms with Crippen molar-refractivity contribution in [1.29, 1.82) is 0 Å². The predicted molar refractivity (Wildman–Crippen MR) is 81.3 cm³/mol. The van der Waals surface area contributed by atoms with E-state index in [0.717, 1.165) is 24.7 Å². The number of phenols is 2. The van der Waals surface area contributed by atoms with E-state index in [1.54, 1.807) is 0 Å². The average Bonchev–Trinajstić information content (AvgIpc) is 2.40. The fourth-order valence-electron chi connectivity index (χ4n) is 1.66. The van der Waals surface area contributed by atoms with E-state index in [0.29, 0.717) is 12.0 Å². The summed E-state index contributed by atoms with van der Waals surface area (Å²) in [6.45, 7) is 3.62. The first-order chi connectivity index (χ1) is 9.44. The summed E-state index contributed by atoms with van der Waals surface area (Å²) in [6.07, 6.45) is 6.58. The molecule has 2 N–H and O–H groups in total. The lowest BCUT2D eigenvalue weighted by Gasteiger charge is -2.00. The molecule has 0 saturated carbocycles. The minimum absolute atomic E-state index is 0.116. The van der Waals surface area contributed by atoms with Crippen LogP contribution in [0.3, 0.4) is 0 Å². The first-order valence-electron chi connectivity index (χ1n) is 6.48. The van der Waals surface area contributed by atoms with Gasteiger partial charge in [-0.15, -0.1) is 6.58 Å². The van der Waals surface area contributed by atoms with Crippen molar-refractivity contribution < 1.29 is 18.6 Å². The monoisotopic (exact) mass is 296 g/mol. The Hall–Kier alpha value is -1.75. The fraction of sp³-hybridized carbons (Fsp3) is 0.333. The molecule has 110 valence electrons. The number of aromatic hydroxyl groups is 2. The highest BCUT2D eigenvalue weighted by atomic mass is 32.2. The second-order valence-corrected chi connectivity index (χ2v) is 6.56. The Morgan fingerprint density at radius 1 is 1.10 bits per heavy atom. The zero-order valence-corrected chi connectivity index (χ0v) is 12.1. The van der Waals surface area contributed by atoms with E-state index in [1.807, 2.05) is 6.08 Å². The standard InChI is InChI=1S/C15H20O4S/c1-2-3-4-5-6-10-20(18,19)11-9-13-7-8-14(16)15(17)12-13/h2,7-9,11-12,16-17H,1,3-6,10H2/b11-9+. The van der Waals surface area contributed by atoms with Gasteiger partial charge in [0.15, 0.2) is 21.3 Å². The molecule has 0 aliphatic heterocycles. The molecule has 0 aliphatic carbocycles. The van der Waals surface area contributed by atoms with Gasteiger partial charge in [0, 0.05) is 5.41 Å². The smallest absolute Gasteiger partial charge is 0.171 e. The van der Waals surface area contributed by atoms with E-state index in [2.05, 4.69) is 6.58 Å². The van der Waals surface area contributed by atoms with Crippen LogP contribution in [0.25, 0.3) is 6.08 Å². The second kappa shape index (κ2) is 7.75. The maximum Gasteiger partial charge on any atom is 0.171 e. The number of benzene rings is 1. The molecule has 1 rings (SSSR count).